The fourth-order valence-electron chi connectivity index (χ4n) is 0.547. The largest absolute Gasteiger partial charge is 0.461 e. The highest BCUT2D eigenvalue weighted by Gasteiger charge is 2.03. The highest BCUT2D eigenvalue weighted by molar-refractivity contribution is 6.30. The maximum Gasteiger partial charge on any atom is 0.318 e. The molecule has 4 heteroatoms. The zero-order valence-electron chi connectivity index (χ0n) is 13.3. The number of hydrogen-bond acceptors (Lipinski definition) is 3. The van der Waals surface area contributed by atoms with Crippen molar-refractivity contribution in [2.24, 2.45) is 0 Å². The Morgan fingerprint density at radius 3 is 3.08 bits per heavy atom. The van der Waals surface area contributed by atoms with E-state index in [1.165, 1.54) is 6.20 Å². The zero-order valence-corrected chi connectivity index (χ0v) is 7.01. The Hall–Kier alpha value is -0.830. The predicted octanol–water partition coefficient (Wildman–Crippen LogP) is 2.23. The van der Waals surface area contributed by atoms with E-state index in [0.717, 1.165) is 0 Å². The van der Waals surface area contributed by atoms with E-state index in [2.05, 4.69) is 9.97 Å². The quantitative estimate of drug-likeness (QED) is 0.676. The Kier molecular flexibility index (Phi) is 1.08. The number of rotatable bonds is 2. The topological polar surface area (TPSA) is 35.0 Å². The Morgan fingerprint density at radius 1 is 1.75 bits per heavy atom. The fourth-order valence-corrected chi connectivity index (χ4v) is 0.668. The zero-order chi connectivity index (χ0) is 15.1. The van der Waals surface area contributed by atoms with Crippen molar-refractivity contribution in [3.05, 3.63) is 16.9 Å². The van der Waals surface area contributed by atoms with Crippen LogP contribution < -0.4 is 4.74 Å². The maximum absolute atomic E-state index is 7.61. The van der Waals surface area contributed by atoms with E-state index in [4.69, 9.17) is 25.9 Å². The average molecular weight is 194 g/mol. The first-order valence-electron chi connectivity index (χ1n) is 6.56. The Bertz CT molecular complexity index is 459. The van der Waals surface area contributed by atoms with Gasteiger partial charge in [-0.05, 0) is 20.6 Å². The van der Waals surface area contributed by atoms with Crippen LogP contribution in [0.1, 0.15) is 28.9 Å². The van der Waals surface area contributed by atoms with Crippen molar-refractivity contribution in [1.29, 1.82) is 0 Å². The smallest absolute Gasteiger partial charge is 0.318 e. The molecule has 3 nitrogen and oxygen atoms in total. The van der Waals surface area contributed by atoms with Crippen LogP contribution >= 0.6 is 11.6 Å². The van der Waals surface area contributed by atoms with Crippen molar-refractivity contribution in [1.82, 2.24) is 9.97 Å². The highest BCUT2D eigenvalue weighted by atomic mass is 35.5. The number of halogens is 1. The summed E-state index contributed by atoms with van der Waals surface area (Å²) in [6.45, 7) is -4.81. The van der Waals surface area contributed by atoms with Gasteiger partial charge < -0.3 is 4.74 Å². The summed E-state index contributed by atoms with van der Waals surface area (Å²) in [4.78, 5) is 7.21. The van der Waals surface area contributed by atoms with Gasteiger partial charge in [0.25, 0.3) is 0 Å². The Labute approximate surface area is 86.6 Å². The molecule has 0 aliphatic carbocycles. The van der Waals surface area contributed by atoms with Crippen LogP contribution in [-0.2, 0) is 0 Å². The Balaban J connectivity index is 3.20. The molecule has 0 N–H and O–H groups in total. The van der Waals surface area contributed by atoms with Gasteiger partial charge in [-0.2, -0.15) is 4.98 Å². The molecule has 0 spiro atoms. The summed E-state index contributed by atoms with van der Waals surface area (Å²) in [7, 11) is 0. The van der Waals surface area contributed by atoms with E-state index < -0.39 is 25.8 Å². The van der Waals surface area contributed by atoms with Gasteiger partial charge in [-0.1, -0.05) is 11.6 Å². The molecule has 0 amide bonds. The van der Waals surface area contributed by atoms with E-state index in [1.807, 2.05) is 0 Å². The molecule has 0 atom stereocenters. The lowest BCUT2D eigenvalue weighted by molar-refractivity contribution is 0.222. The van der Waals surface area contributed by atoms with E-state index in [-0.39, 0.29) is 5.15 Å². The molecule has 1 rings (SSSR count). The summed E-state index contributed by atoms with van der Waals surface area (Å²) in [5, 5.41) is -0.0107. The van der Waals surface area contributed by atoms with Crippen molar-refractivity contribution in [2.75, 3.05) is 0 Å². The van der Waals surface area contributed by atoms with Crippen LogP contribution in [0.2, 0.25) is 5.15 Å². The van der Waals surface area contributed by atoms with Crippen LogP contribution in [0.5, 0.6) is 6.01 Å². The van der Waals surface area contributed by atoms with Crippen molar-refractivity contribution >= 4 is 11.6 Å². The van der Waals surface area contributed by atoms with Crippen LogP contribution in [0.3, 0.4) is 0 Å². The first-order valence-corrected chi connectivity index (χ1v) is 3.44. The molecular weight excluding hydrogens is 176 g/mol. The number of aryl methyl sites for hydroxylation is 1. The average Bonchev–Trinajstić information content (AvgIpc) is 2.20. The van der Waals surface area contributed by atoms with E-state index in [9.17, 15) is 0 Å². The lowest BCUT2D eigenvalue weighted by Crippen LogP contribution is -2.08. The summed E-state index contributed by atoms with van der Waals surface area (Å²) in [6.07, 6.45) is -1.93. The minimum atomic E-state index is -3.21. The van der Waals surface area contributed by atoms with Crippen LogP contribution in [0.4, 0.5) is 0 Å². The van der Waals surface area contributed by atoms with Crippen LogP contribution in [0.25, 0.3) is 0 Å². The van der Waals surface area contributed by atoms with Gasteiger partial charge in [-0.25, -0.2) is 4.98 Å². The third kappa shape index (κ3) is 2.34. The van der Waals surface area contributed by atoms with Gasteiger partial charge in [0, 0.05) is 20.0 Å². The lowest BCUT2D eigenvalue weighted by Gasteiger charge is -2.07. The van der Waals surface area contributed by atoms with Gasteiger partial charge in [0.15, 0.2) is 0 Å². The fraction of sp³-hybridized carbons (Fsp3) is 0.500. The molecule has 12 heavy (non-hydrogen) atoms. The SMILES string of the molecule is [2H]C([2H])([2H])C([2H])(Oc1ncc(C)c(Cl)n1)C([2H])([2H])[2H]. The molecular formula is C8H11ClN2O. The summed E-state index contributed by atoms with van der Waals surface area (Å²) >= 11 is 5.70. The maximum atomic E-state index is 7.61. The van der Waals surface area contributed by atoms with Gasteiger partial charge in [0.1, 0.15) is 5.15 Å². The summed E-state index contributed by atoms with van der Waals surface area (Å²) in [5.41, 5.74) is 0.507. The van der Waals surface area contributed by atoms with E-state index in [1.54, 1.807) is 6.92 Å². The summed E-state index contributed by atoms with van der Waals surface area (Å²) in [6, 6.07) is -0.571. The first-order chi connectivity index (χ1) is 8.38. The number of ether oxygens (including phenoxy) is 1. The van der Waals surface area contributed by atoms with E-state index >= 15 is 0 Å². The minimum absolute atomic E-state index is 0.0107. The minimum Gasteiger partial charge on any atom is -0.461 e. The Morgan fingerprint density at radius 2 is 2.50 bits per heavy atom. The second-order valence-corrected chi connectivity index (χ2v) is 2.42. The third-order valence-electron chi connectivity index (χ3n) is 1.08. The monoisotopic (exact) mass is 193 g/mol. The van der Waals surface area contributed by atoms with Crippen LogP contribution in [0.15, 0.2) is 6.20 Å². The molecule has 0 aliphatic heterocycles. The molecule has 0 fully saturated rings. The first kappa shape index (κ1) is 3.50. The molecule has 0 saturated carbocycles. The van der Waals surface area contributed by atoms with Gasteiger partial charge in [-0.3, -0.25) is 0 Å². The van der Waals surface area contributed by atoms with Gasteiger partial charge in [0.2, 0.25) is 0 Å². The van der Waals surface area contributed by atoms with Crippen molar-refractivity contribution in [3.63, 3.8) is 0 Å². The molecule has 1 aromatic heterocycles. The molecule has 0 bridgehead atoms. The highest BCUT2D eigenvalue weighted by Crippen LogP contribution is 2.14. The van der Waals surface area contributed by atoms with Crippen molar-refractivity contribution in [2.45, 2.75) is 26.7 Å². The van der Waals surface area contributed by atoms with Crippen LogP contribution in [0, 0.1) is 6.92 Å². The third-order valence-corrected chi connectivity index (χ3v) is 1.46. The number of aromatic nitrogens is 2. The van der Waals surface area contributed by atoms with Gasteiger partial charge in [-0.15, -0.1) is 0 Å². The van der Waals surface area contributed by atoms with Crippen molar-refractivity contribution < 1.29 is 14.3 Å². The number of hydrogen-bond donors (Lipinski definition) is 0. The molecule has 0 saturated heterocycles. The standard InChI is InChI=1S/C8H11ClN2O/c1-5(2)12-8-10-4-6(3)7(9)11-8/h4-5H,1-3H3/i1D3,2D3,5D. The van der Waals surface area contributed by atoms with E-state index in [0.29, 0.717) is 5.56 Å². The molecule has 0 aliphatic rings. The predicted molar refractivity (Wildman–Crippen MR) is 47.5 cm³/mol. The molecule has 1 aromatic rings. The molecule has 0 unspecified atom stereocenters. The molecule has 66 valence electrons. The lowest BCUT2D eigenvalue weighted by atomic mass is 10.4. The summed E-state index contributed by atoms with van der Waals surface area (Å²) in [5.74, 6) is 0. The molecule has 1 heterocycles. The second-order valence-electron chi connectivity index (χ2n) is 2.06. The number of nitrogens with zero attached hydrogens (tertiary/aromatic N) is 2. The normalized spacial score (nSPS) is 22.0. The summed E-state index contributed by atoms with van der Waals surface area (Å²) < 4.78 is 55.3. The van der Waals surface area contributed by atoms with Gasteiger partial charge in [0.05, 0.1) is 7.45 Å². The van der Waals surface area contributed by atoms with Crippen LogP contribution in [-0.4, -0.2) is 16.0 Å². The second kappa shape index (κ2) is 3.72. The van der Waals surface area contributed by atoms with Gasteiger partial charge >= 0.3 is 6.01 Å². The molecule has 0 aromatic carbocycles. The van der Waals surface area contributed by atoms with Crippen molar-refractivity contribution in [3.8, 4) is 6.01 Å². The molecule has 0 radical (unpaired) electrons.